The van der Waals surface area contributed by atoms with E-state index < -0.39 is 5.91 Å². The van der Waals surface area contributed by atoms with Gasteiger partial charge in [0.1, 0.15) is 0 Å². The molecule has 20 heavy (non-hydrogen) atoms. The lowest BCUT2D eigenvalue weighted by molar-refractivity contribution is -0.114. The highest BCUT2D eigenvalue weighted by Gasteiger charge is 2.36. The Morgan fingerprint density at radius 2 is 2.10 bits per heavy atom. The van der Waals surface area contributed by atoms with Crippen molar-refractivity contribution < 1.29 is 9.59 Å². The van der Waals surface area contributed by atoms with Gasteiger partial charge in [0.05, 0.1) is 11.3 Å². The predicted molar refractivity (Wildman–Crippen MR) is 81.2 cm³/mol. The second-order valence-corrected chi connectivity index (χ2v) is 6.40. The number of hydrogen-bond donors (Lipinski definition) is 1. The normalized spacial score (nSPS) is 17.8. The lowest BCUT2D eigenvalue weighted by Crippen LogP contribution is -2.33. The summed E-state index contributed by atoms with van der Waals surface area (Å²) in [5, 5.41) is 3.42. The average Bonchev–Trinajstić information content (AvgIpc) is 3.18. The molecular formula is C15H17BrN2O2. The Kier molecular flexibility index (Phi) is 3.65. The number of rotatable bonds is 5. The number of fused-ring (bicyclic) bond motifs is 1. The second kappa shape index (κ2) is 5.30. The third kappa shape index (κ3) is 2.52. The van der Waals surface area contributed by atoms with Crippen LogP contribution in [0.1, 0.15) is 35.2 Å². The number of nitrogens with one attached hydrogen (secondary N) is 1. The van der Waals surface area contributed by atoms with Gasteiger partial charge in [-0.25, -0.2) is 0 Å². The molecule has 1 saturated carbocycles. The number of benzene rings is 1. The van der Waals surface area contributed by atoms with E-state index in [1.807, 2.05) is 13.0 Å². The van der Waals surface area contributed by atoms with E-state index in [2.05, 4.69) is 21.2 Å². The first-order valence-electron chi connectivity index (χ1n) is 6.97. The van der Waals surface area contributed by atoms with Crippen molar-refractivity contribution in [2.45, 2.75) is 32.2 Å². The van der Waals surface area contributed by atoms with E-state index in [0.29, 0.717) is 18.2 Å². The van der Waals surface area contributed by atoms with Gasteiger partial charge in [-0.3, -0.25) is 9.59 Å². The summed E-state index contributed by atoms with van der Waals surface area (Å²) in [6, 6.07) is 4.36. The van der Waals surface area contributed by atoms with Crippen LogP contribution in [0.2, 0.25) is 0 Å². The van der Waals surface area contributed by atoms with Crippen molar-refractivity contribution in [3.05, 3.63) is 27.7 Å². The minimum atomic E-state index is -0.396. The Labute approximate surface area is 126 Å². The van der Waals surface area contributed by atoms with Crippen LogP contribution in [0.5, 0.6) is 0 Å². The van der Waals surface area contributed by atoms with E-state index in [0.717, 1.165) is 28.7 Å². The minimum absolute atomic E-state index is 0.389. The number of Topliss-reactive ketones (excluding diaryl/α,β-unsaturated/α-hetero) is 1. The minimum Gasteiger partial charge on any atom is -0.314 e. The Bertz CT molecular complexity index is 581. The van der Waals surface area contributed by atoms with Crippen molar-refractivity contribution >= 4 is 33.3 Å². The number of amides is 1. The molecule has 1 fully saturated rings. The molecule has 0 bridgehead atoms. The SMILES string of the molecule is Cc1cc(Br)cc2c1N(CCCNC1CC1)C(=O)C2=O. The Balaban J connectivity index is 1.75. The zero-order valence-electron chi connectivity index (χ0n) is 11.4. The molecule has 1 amide bonds. The van der Waals surface area contributed by atoms with Gasteiger partial charge < -0.3 is 10.2 Å². The zero-order chi connectivity index (χ0) is 14.3. The van der Waals surface area contributed by atoms with E-state index >= 15 is 0 Å². The number of carbonyl (C=O) groups is 2. The van der Waals surface area contributed by atoms with E-state index in [-0.39, 0.29) is 5.78 Å². The van der Waals surface area contributed by atoms with Crippen molar-refractivity contribution in [1.29, 1.82) is 0 Å². The average molecular weight is 337 g/mol. The summed E-state index contributed by atoms with van der Waals surface area (Å²) in [6.07, 6.45) is 3.39. The number of hydrogen-bond acceptors (Lipinski definition) is 3. The van der Waals surface area contributed by atoms with Gasteiger partial charge in [-0.1, -0.05) is 15.9 Å². The smallest absolute Gasteiger partial charge is 0.299 e. The number of aryl methyl sites for hydroxylation is 1. The first-order valence-corrected chi connectivity index (χ1v) is 7.77. The van der Waals surface area contributed by atoms with Gasteiger partial charge in [0.2, 0.25) is 0 Å². The predicted octanol–water partition coefficient (Wildman–Crippen LogP) is 2.43. The van der Waals surface area contributed by atoms with Crippen LogP contribution >= 0.6 is 15.9 Å². The summed E-state index contributed by atoms with van der Waals surface area (Å²) in [6.45, 7) is 3.43. The summed E-state index contributed by atoms with van der Waals surface area (Å²) in [5.74, 6) is -0.785. The third-order valence-electron chi connectivity index (χ3n) is 3.79. The molecule has 0 unspecified atom stereocenters. The van der Waals surface area contributed by atoms with Gasteiger partial charge in [0.15, 0.2) is 0 Å². The van der Waals surface area contributed by atoms with Crippen LogP contribution in [0.3, 0.4) is 0 Å². The quantitative estimate of drug-likeness (QED) is 0.663. The molecule has 2 aliphatic rings. The monoisotopic (exact) mass is 336 g/mol. The van der Waals surface area contributed by atoms with Crippen molar-refractivity contribution in [2.75, 3.05) is 18.0 Å². The van der Waals surface area contributed by atoms with Crippen LogP contribution in [0, 0.1) is 6.92 Å². The number of halogens is 1. The molecule has 3 rings (SSSR count). The molecule has 1 aromatic carbocycles. The number of nitrogens with zero attached hydrogens (tertiary/aromatic N) is 1. The van der Waals surface area contributed by atoms with Crippen LogP contribution in [-0.4, -0.2) is 30.8 Å². The highest BCUT2D eigenvalue weighted by molar-refractivity contribution is 9.10. The molecule has 0 radical (unpaired) electrons. The van der Waals surface area contributed by atoms with E-state index in [1.165, 1.54) is 12.8 Å². The molecule has 0 atom stereocenters. The molecule has 1 aliphatic carbocycles. The lowest BCUT2D eigenvalue weighted by Gasteiger charge is -2.18. The summed E-state index contributed by atoms with van der Waals surface area (Å²) in [7, 11) is 0. The molecule has 0 aromatic heterocycles. The highest BCUT2D eigenvalue weighted by Crippen LogP contribution is 2.35. The largest absolute Gasteiger partial charge is 0.314 e. The van der Waals surface area contributed by atoms with Crippen LogP contribution in [-0.2, 0) is 4.79 Å². The summed E-state index contributed by atoms with van der Waals surface area (Å²) in [5.41, 5.74) is 2.27. The number of anilines is 1. The maximum atomic E-state index is 12.1. The van der Waals surface area contributed by atoms with E-state index in [1.54, 1.807) is 11.0 Å². The van der Waals surface area contributed by atoms with Crippen LogP contribution in [0.4, 0.5) is 5.69 Å². The zero-order valence-corrected chi connectivity index (χ0v) is 13.0. The van der Waals surface area contributed by atoms with E-state index in [4.69, 9.17) is 0 Å². The first-order chi connectivity index (χ1) is 9.58. The van der Waals surface area contributed by atoms with Gasteiger partial charge in [0, 0.05) is 17.1 Å². The Hall–Kier alpha value is -1.20. The molecule has 0 spiro atoms. The Morgan fingerprint density at radius 1 is 1.35 bits per heavy atom. The van der Waals surface area contributed by atoms with E-state index in [9.17, 15) is 9.59 Å². The van der Waals surface area contributed by atoms with Crippen LogP contribution in [0.15, 0.2) is 16.6 Å². The highest BCUT2D eigenvalue weighted by atomic mass is 79.9. The van der Waals surface area contributed by atoms with Gasteiger partial charge in [-0.15, -0.1) is 0 Å². The number of carbonyl (C=O) groups excluding carboxylic acids is 2. The van der Waals surface area contributed by atoms with Crippen molar-refractivity contribution in [3.63, 3.8) is 0 Å². The standard InChI is InChI=1S/C15H17BrN2O2/c1-9-7-10(16)8-12-13(9)18(15(20)14(12)19)6-2-5-17-11-3-4-11/h7-8,11,17H,2-6H2,1H3. The molecule has 1 heterocycles. The molecule has 0 saturated heterocycles. The topological polar surface area (TPSA) is 49.4 Å². The van der Waals surface area contributed by atoms with Crippen molar-refractivity contribution in [1.82, 2.24) is 5.32 Å². The van der Waals surface area contributed by atoms with Gasteiger partial charge in [0.25, 0.3) is 11.7 Å². The summed E-state index contributed by atoms with van der Waals surface area (Å²) in [4.78, 5) is 25.8. The van der Waals surface area contributed by atoms with Crippen LogP contribution < -0.4 is 10.2 Å². The van der Waals surface area contributed by atoms with Gasteiger partial charge >= 0.3 is 0 Å². The summed E-state index contributed by atoms with van der Waals surface area (Å²) >= 11 is 3.38. The molecule has 5 heteroatoms. The fourth-order valence-corrected chi connectivity index (χ4v) is 3.22. The molecular weight excluding hydrogens is 320 g/mol. The molecule has 1 aliphatic heterocycles. The Morgan fingerprint density at radius 3 is 2.80 bits per heavy atom. The molecule has 4 nitrogen and oxygen atoms in total. The molecule has 1 aromatic rings. The van der Waals surface area contributed by atoms with Crippen LogP contribution in [0.25, 0.3) is 0 Å². The maximum Gasteiger partial charge on any atom is 0.299 e. The maximum absolute atomic E-state index is 12.1. The second-order valence-electron chi connectivity index (χ2n) is 5.49. The lowest BCUT2D eigenvalue weighted by atomic mass is 10.1. The fraction of sp³-hybridized carbons (Fsp3) is 0.467. The summed E-state index contributed by atoms with van der Waals surface area (Å²) < 4.78 is 0.840. The molecule has 1 N–H and O–H groups in total. The number of ketones is 1. The van der Waals surface area contributed by atoms with Gasteiger partial charge in [-0.2, -0.15) is 0 Å². The van der Waals surface area contributed by atoms with Gasteiger partial charge in [-0.05, 0) is 50.4 Å². The van der Waals surface area contributed by atoms with Crippen molar-refractivity contribution in [3.8, 4) is 0 Å². The third-order valence-corrected chi connectivity index (χ3v) is 4.25. The first kappa shape index (κ1) is 13.8. The molecule has 106 valence electrons. The van der Waals surface area contributed by atoms with Crippen molar-refractivity contribution in [2.24, 2.45) is 0 Å². The fourth-order valence-electron chi connectivity index (χ4n) is 2.65.